The fourth-order valence-corrected chi connectivity index (χ4v) is 0.766. The van der Waals surface area contributed by atoms with Gasteiger partial charge in [-0.3, -0.25) is 20.2 Å². The standard InChI is InChI=1S/C6H11N2.CHN2O4/c1-3-8-5-4-7(2)6-8;4-2(5)1-3(6)7/h4-6H,3H2,1-2H3;1H/q+1;-1. The molecule has 0 aromatic carbocycles. The van der Waals surface area contributed by atoms with Gasteiger partial charge in [0.15, 0.2) is 0 Å². The highest BCUT2D eigenvalue weighted by Crippen LogP contribution is 1.79. The lowest BCUT2D eigenvalue weighted by Gasteiger charge is -1.90. The Hall–Kier alpha value is -2.12. The molecule has 15 heavy (non-hydrogen) atoms. The van der Waals surface area contributed by atoms with Crippen LogP contribution in [0.1, 0.15) is 6.92 Å². The van der Waals surface area contributed by atoms with E-state index in [9.17, 15) is 0 Å². The summed E-state index contributed by atoms with van der Waals surface area (Å²) in [5, 5.41) is 18.2. The van der Waals surface area contributed by atoms with Crippen molar-refractivity contribution in [3.05, 3.63) is 45.6 Å². The second kappa shape index (κ2) is 6.35. The van der Waals surface area contributed by atoms with Crippen molar-refractivity contribution < 1.29 is 14.4 Å². The molecule has 1 aromatic heterocycles. The van der Waals surface area contributed by atoms with Gasteiger partial charge in [-0.05, 0) is 16.8 Å². The third-order valence-corrected chi connectivity index (χ3v) is 1.38. The molecule has 0 aliphatic heterocycles. The lowest BCUT2D eigenvalue weighted by Crippen LogP contribution is -2.23. The molecule has 0 atom stereocenters. The van der Waals surface area contributed by atoms with Crippen LogP contribution in [-0.2, 0) is 13.6 Å². The minimum absolute atomic E-state index is 0.222. The van der Waals surface area contributed by atoms with E-state index >= 15 is 0 Å². The summed E-state index contributed by atoms with van der Waals surface area (Å²) in [6.45, 7) is 2.96. The summed E-state index contributed by atoms with van der Waals surface area (Å²) in [6, 6.07) is 0. The predicted molar refractivity (Wildman–Crippen MR) is 49.6 cm³/mol. The van der Waals surface area contributed by atoms with E-state index in [4.69, 9.17) is 20.2 Å². The van der Waals surface area contributed by atoms with Crippen molar-refractivity contribution >= 4 is 0 Å². The van der Waals surface area contributed by atoms with E-state index < -0.39 is 9.85 Å². The summed E-state index contributed by atoms with van der Waals surface area (Å²) in [7, 11) is 2.02. The topological polar surface area (TPSA) is 95.1 Å². The van der Waals surface area contributed by atoms with Crippen molar-refractivity contribution in [1.29, 1.82) is 0 Å². The molecule has 0 N–H and O–H groups in total. The van der Waals surface area contributed by atoms with E-state index in [1.54, 1.807) is 0 Å². The largest absolute Gasteiger partial charge is 0.289 e. The highest BCUT2D eigenvalue weighted by Gasteiger charge is 1.92. The smallest absolute Gasteiger partial charge is 0.253 e. The first-order valence-electron chi connectivity index (χ1n) is 4.08. The van der Waals surface area contributed by atoms with E-state index in [0.29, 0.717) is 0 Å². The van der Waals surface area contributed by atoms with Crippen molar-refractivity contribution in [2.45, 2.75) is 13.5 Å². The average molecular weight is 216 g/mol. The molecule has 0 amide bonds. The van der Waals surface area contributed by atoms with E-state index in [1.807, 2.05) is 17.8 Å². The predicted octanol–water partition coefficient (Wildman–Crippen LogP) is -0.00841. The minimum atomic E-state index is -1.12. The van der Waals surface area contributed by atoms with E-state index in [-0.39, 0.29) is 6.67 Å². The van der Waals surface area contributed by atoms with Gasteiger partial charge in [-0.15, -0.1) is 0 Å². The average Bonchev–Trinajstić information content (AvgIpc) is 2.49. The van der Waals surface area contributed by atoms with Crippen molar-refractivity contribution in [2.75, 3.05) is 0 Å². The highest BCUT2D eigenvalue weighted by molar-refractivity contribution is 4.63. The molecule has 0 saturated heterocycles. The van der Waals surface area contributed by atoms with Crippen LogP contribution in [-0.4, -0.2) is 14.4 Å². The molecule has 0 radical (unpaired) electrons. The van der Waals surface area contributed by atoms with Crippen LogP contribution in [0.2, 0.25) is 0 Å². The van der Waals surface area contributed by atoms with Gasteiger partial charge < -0.3 is 0 Å². The summed E-state index contributed by atoms with van der Waals surface area (Å²) in [4.78, 5) is 16.0. The lowest BCUT2D eigenvalue weighted by atomic mass is 10.7. The Morgan fingerprint density at radius 1 is 1.40 bits per heavy atom. The van der Waals surface area contributed by atoms with Gasteiger partial charge in [0.25, 0.3) is 6.67 Å². The maximum atomic E-state index is 9.12. The number of nitrogens with zero attached hydrogens (tertiary/aromatic N) is 4. The molecule has 1 heterocycles. The molecule has 0 spiro atoms. The van der Waals surface area contributed by atoms with Gasteiger partial charge in [0.2, 0.25) is 6.33 Å². The Labute approximate surface area is 86.1 Å². The first kappa shape index (κ1) is 12.9. The molecule has 8 heteroatoms. The summed E-state index contributed by atoms with van der Waals surface area (Å²) in [5.74, 6) is 0. The summed E-state index contributed by atoms with van der Waals surface area (Å²) in [6.07, 6.45) is 6.14. The van der Waals surface area contributed by atoms with Crippen LogP contribution in [0.15, 0.2) is 18.7 Å². The van der Waals surface area contributed by atoms with Crippen molar-refractivity contribution in [2.24, 2.45) is 7.05 Å². The molecule has 1 aromatic rings. The van der Waals surface area contributed by atoms with Gasteiger partial charge in [-0.1, -0.05) is 0 Å². The van der Waals surface area contributed by atoms with E-state index in [1.165, 1.54) is 0 Å². The van der Waals surface area contributed by atoms with Crippen molar-refractivity contribution in [1.82, 2.24) is 4.57 Å². The number of aryl methyl sites for hydroxylation is 2. The molecule has 0 bridgehead atoms. The number of hydrogen-bond donors (Lipinski definition) is 0. The first-order chi connectivity index (χ1) is 6.95. The van der Waals surface area contributed by atoms with Crippen molar-refractivity contribution in [3.8, 4) is 0 Å². The van der Waals surface area contributed by atoms with Crippen LogP contribution in [0.5, 0.6) is 0 Å². The second-order valence-electron chi connectivity index (χ2n) is 2.60. The zero-order valence-electron chi connectivity index (χ0n) is 8.44. The highest BCUT2D eigenvalue weighted by atomic mass is 16.7. The molecule has 0 unspecified atom stereocenters. The van der Waals surface area contributed by atoms with Crippen LogP contribution < -0.4 is 4.57 Å². The number of hydrogen-bond acceptors (Lipinski definition) is 4. The Balaban J connectivity index is 0.000000265. The van der Waals surface area contributed by atoms with E-state index in [0.717, 1.165) is 6.54 Å². The van der Waals surface area contributed by atoms with Crippen LogP contribution in [0, 0.1) is 26.9 Å². The molecular formula is C7H12N4O4. The quantitative estimate of drug-likeness (QED) is 0.307. The summed E-state index contributed by atoms with van der Waals surface area (Å²) < 4.78 is 4.16. The van der Waals surface area contributed by atoms with Gasteiger partial charge in [0.1, 0.15) is 12.4 Å². The molecule has 0 aliphatic rings. The van der Waals surface area contributed by atoms with Crippen LogP contribution in [0.3, 0.4) is 0 Å². The zero-order chi connectivity index (χ0) is 11.8. The third kappa shape index (κ3) is 6.99. The fourth-order valence-electron chi connectivity index (χ4n) is 0.766. The zero-order valence-corrected chi connectivity index (χ0v) is 8.44. The van der Waals surface area contributed by atoms with Gasteiger partial charge in [-0.2, -0.15) is 0 Å². The normalized spacial score (nSPS) is 8.67. The molecular weight excluding hydrogens is 204 g/mol. The Morgan fingerprint density at radius 3 is 2.07 bits per heavy atom. The van der Waals surface area contributed by atoms with E-state index in [2.05, 4.69) is 24.0 Å². The molecule has 0 aliphatic carbocycles. The van der Waals surface area contributed by atoms with Gasteiger partial charge in [0.05, 0.1) is 13.6 Å². The number of nitro groups is 2. The lowest BCUT2D eigenvalue weighted by molar-refractivity contribution is -0.671. The Morgan fingerprint density at radius 2 is 1.93 bits per heavy atom. The van der Waals surface area contributed by atoms with Gasteiger partial charge in [0, 0.05) is 0 Å². The van der Waals surface area contributed by atoms with Crippen LogP contribution in [0.4, 0.5) is 0 Å². The third-order valence-electron chi connectivity index (χ3n) is 1.38. The number of rotatable bonds is 3. The monoisotopic (exact) mass is 216 g/mol. The molecule has 0 saturated carbocycles. The van der Waals surface area contributed by atoms with Crippen molar-refractivity contribution in [3.63, 3.8) is 0 Å². The molecule has 8 nitrogen and oxygen atoms in total. The van der Waals surface area contributed by atoms with Crippen LogP contribution >= 0.6 is 0 Å². The number of aromatic nitrogens is 2. The maximum Gasteiger partial charge on any atom is 0.253 e. The van der Waals surface area contributed by atoms with Gasteiger partial charge in [-0.25, -0.2) is 9.13 Å². The minimum Gasteiger partial charge on any atom is -0.289 e. The van der Waals surface area contributed by atoms with Crippen LogP contribution in [0.25, 0.3) is 0 Å². The summed E-state index contributed by atoms with van der Waals surface area (Å²) in [5.41, 5.74) is 0. The molecule has 0 fully saturated rings. The molecule has 84 valence electrons. The molecule has 1 rings (SSSR count). The fraction of sp³-hybridized carbons (Fsp3) is 0.429. The SMILES string of the molecule is CCn1cc[n+](C)c1.O=[N+]([O-])[CH-][N+](=O)[O-]. The maximum absolute atomic E-state index is 9.12. The first-order valence-corrected chi connectivity index (χ1v) is 4.08. The Bertz CT molecular complexity index is 323. The Kier molecular flexibility index (Phi) is 5.45. The summed E-state index contributed by atoms with van der Waals surface area (Å²) >= 11 is 0. The number of imidazole rings is 1. The van der Waals surface area contributed by atoms with Gasteiger partial charge >= 0.3 is 0 Å². The second-order valence-corrected chi connectivity index (χ2v) is 2.60.